The van der Waals surface area contributed by atoms with Gasteiger partial charge in [-0.2, -0.15) is 5.10 Å². The largest absolute Gasteiger partial charge is 0.369 e. The number of aryl methyl sites for hydroxylation is 2. The minimum atomic E-state index is -0.464. The number of rotatable bonds is 3. The molecule has 1 aromatic heterocycles. The van der Waals surface area contributed by atoms with Gasteiger partial charge in [-0.15, -0.1) is 0 Å². The van der Waals surface area contributed by atoms with E-state index < -0.39 is 11.8 Å². The van der Waals surface area contributed by atoms with Crippen LogP contribution in [0.1, 0.15) is 33.1 Å². The van der Waals surface area contributed by atoms with E-state index in [9.17, 15) is 14.0 Å². The van der Waals surface area contributed by atoms with E-state index in [4.69, 9.17) is 5.73 Å². The lowest BCUT2D eigenvalue weighted by molar-refractivity contribution is -0.121. The quantitative estimate of drug-likeness (QED) is 0.916. The number of hydrogen-bond donors (Lipinski definition) is 1. The Morgan fingerprint density at radius 1 is 1.28 bits per heavy atom. The minimum absolute atomic E-state index is 0.184. The SMILES string of the molecule is Cc1cc(C(=O)N2C[C@H](C(N)=O)[C@@H](c3cnn(C)c3C)C2)ccc1F. The standard InChI is InChI=1S/C18H21FN4O2/c1-10-6-12(4-5-16(10)19)18(25)23-8-14(15(9-23)17(20)24)13-7-21-22(3)11(13)2/h4-7,14-15H,8-9H2,1-3H3,(H2,20,24)/t14-,15+/m1/s1. The Morgan fingerprint density at radius 2 is 2.00 bits per heavy atom. The van der Waals surface area contributed by atoms with Crippen molar-refractivity contribution >= 4 is 11.8 Å². The van der Waals surface area contributed by atoms with Crippen LogP contribution in [0.2, 0.25) is 0 Å². The molecule has 1 aromatic carbocycles. The summed E-state index contributed by atoms with van der Waals surface area (Å²) in [6.45, 7) is 4.18. The average Bonchev–Trinajstić information content (AvgIpc) is 3.14. The van der Waals surface area contributed by atoms with E-state index >= 15 is 0 Å². The molecule has 25 heavy (non-hydrogen) atoms. The van der Waals surface area contributed by atoms with Crippen molar-refractivity contribution in [1.29, 1.82) is 0 Å². The van der Waals surface area contributed by atoms with Crippen LogP contribution in [-0.2, 0) is 11.8 Å². The summed E-state index contributed by atoms with van der Waals surface area (Å²) >= 11 is 0. The Hall–Kier alpha value is -2.70. The number of primary amides is 1. The van der Waals surface area contributed by atoms with Gasteiger partial charge in [-0.25, -0.2) is 4.39 Å². The van der Waals surface area contributed by atoms with Crippen molar-refractivity contribution in [3.05, 3.63) is 52.6 Å². The Labute approximate surface area is 145 Å². The maximum absolute atomic E-state index is 13.4. The molecule has 2 N–H and O–H groups in total. The highest BCUT2D eigenvalue weighted by Gasteiger charge is 2.41. The Bertz CT molecular complexity index is 846. The van der Waals surface area contributed by atoms with Crippen LogP contribution in [0, 0.1) is 25.6 Å². The van der Waals surface area contributed by atoms with Crippen molar-refractivity contribution in [3.63, 3.8) is 0 Å². The number of benzene rings is 1. The second-order valence-electron chi connectivity index (χ2n) is 6.60. The molecule has 0 saturated carbocycles. The highest BCUT2D eigenvalue weighted by Crippen LogP contribution is 2.34. The lowest BCUT2D eigenvalue weighted by Gasteiger charge is -2.17. The summed E-state index contributed by atoms with van der Waals surface area (Å²) in [4.78, 5) is 26.3. The third-order valence-corrected chi connectivity index (χ3v) is 5.05. The molecule has 2 atom stereocenters. The molecule has 132 valence electrons. The summed E-state index contributed by atoms with van der Waals surface area (Å²) in [5, 5.41) is 4.22. The van der Waals surface area contributed by atoms with E-state index in [1.54, 1.807) is 22.7 Å². The van der Waals surface area contributed by atoms with Crippen molar-refractivity contribution in [2.45, 2.75) is 19.8 Å². The zero-order valence-corrected chi connectivity index (χ0v) is 14.5. The predicted molar refractivity (Wildman–Crippen MR) is 90.4 cm³/mol. The second-order valence-corrected chi connectivity index (χ2v) is 6.60. The summed E-state index contributed by atoms with van der Waals surface area (Å²) in [6, 6.07) is 4.28. The van der Waals surface area contributed by atoms with E-state index in [0.29, 0.717) is 17.7 Å². The molecule has 1 saturated heterocycles. The highest BCUT2D eigenvalue weighted by molar-refractivity contribution is 5.95. The van der Waals surface area contributed by atoms with Crippen molar-refractivity contribution in [2.24, 2.45) is 18.7 Å². The maximum atomic E-state index is 13.4. The third kappa shape index (κ3) is 3.01. The van der Waals surface area contributed by atoms with Gasteiger partial charge >= 0.3 is 0 Å². The first-order valence-electron chi connectivity index (χ1n) is 8.12. The third-order valence-electron chi connectivity index (χ3n) is 5.05. The van der Waals surface area contributed by atoms with Gasteiger partial charge in [0.15, 0.2) is 0 Å². The number of nitrogens with two attached hydrogens (primary N) is 1. The Morgan fingerprint density at radius 3 is 2.56 bits per heavy atom. The maximum Gasteiger partial charge on any atom is 0.253 e. The van der Waals surface area contributed by atoms with E-state index in [0.717, 1.165) is 11.3 Å². The van der Waals surface area contributed by atoms with Gasteiger partial charge in [0.05, 0.1) is 12.1 Å². The van der Waals surface area contributed by atoms with Crippen LogP contribution in [0.4, 0.5) is 4.39 Å². The molecule has 0 radical (unpaired) electrons. The lowest BCUT2D eigenvalue weighted by atomic mass is 9.89. The molecule has 1 aliphatic heterocycles. The van der Waals surface area contributed by atoms with Crippen molar-refractivity contribution in [3.8, 4) is 0 Å². The molecule has 2 amide bonds. The van der Waals surface area contributed by atoms with Gasteiger partial charge in [-0.05, 0) is 43.2 Å². The van der Waals surface area contributed by atoms with Gasteiger partial charge in [-0.1, -0.05) is 0 Å². The van der Waals surface area contributed by atoms with Gasteiger partial charge in [0.2, 0.25) is 5.91 Å². The van der Waals surface area contributed by atoms with Gasteiger partial charge in [-0.3, -0.25) is 14.3 Å². The fraction of sp³-hybridized carbons (Fsp3) is 0.389. The molecule has 0 bridgehead atoms. The molecule has 0 unspecified atom stereocenters. The summed E-state index contributed by atoms with van der Waals surface area (Å²) in [5.74, 6) is -1.65. The Balaban J connectivity index is 1.89. The van der Waals surface area contributed by atoms with Crippen LogP contribution in [0.3, 0.4) is 0 Å². The van der Waals surface area contributed by atoms with Crippen LogP contribution in [0.25, 0.3) is 0 Å². The first-order chi connectivity index (χ1) is 11.8. The van der Waals surface area contributed by atoms with Crippen molar-refractivity contribution < 1.29 is 14.0 Å². The number of carbonyl (C=O) groups excluding carboxylic acids is 2. The van der Waals surface area contributed by atoms with Crippen LogP contribution in [-0.4, -0.2) is 39.6 Å². The van der Waals surface area contributed by atoms with E-state index in [1.165, 1.54) is 18.2 Å². The van der Waals surface area contributed by atoms with Crippen molar-refractivity contribution in [2.75, 3.05) is 13.1 Å². The minimum Gasteiger partial charge on any atom is -0.369 e. The molecule has 0 spiro atoms. The molecule has 1 fully saturated rings. The van der Waals surface area contributed by atoms with Crippen LogP contribution in [0.5, 0.6) is 0 Å². The Kier molecular flexibility index (Phi) is 4.32. The normalized spacial score (nSPS) is 20.1. The number of halogens is 1. The molecular formula is C18H21FN4O2. The zero-order valence-electron chi connectivity index (χ0n) is 14.5. The molecule has 0 aliphatic carbocycles. The molecule has 2 heterocycles. The van der Waals surface area contributed by atoms with E-state index in [-0.39, 0.29) is 24.2 Å². The summed E-state index contributed by atoms with van der Waals surface area (Å²) in [6.07, 6.45) is 1.73. The van der Waals surface area contributed by atoms with Gasteiger partial charge < -0.3 is 10.6 Å². The van der Waals surface area contributed by atoms with Crippen molar-refractivity contribution in [1.82, 2.24) is 14.7 Å². The number of carbonyl (C=O) groups is 2. The molecule has 2 aromatic rings. The summed E-state index contributed by atoms with van der Waals surface area (Å²) in [5.41, 5.74) is 8.27. The summed E-state index contributed by atoms with van der Waals surface area (Å²) < 4.78 is 15.2. The topological polar surface area (TPSA) is 81.2 Å². The second kappa shape index (κ2) is 6.31. The highest BCUT2D eigenvalue weighted by atomic mass is 19.1. The van der Waals surface area contributed by atoms with Crippen LogP contribution in [0.15, 0.2) is 24.4 Å². The van der Waals surface area contributed by atoms with Gasteiger partial charge in [0.1, 0.15) is 5.82 Å². The molecule has 1 aliphatic rings. The fourth-order valence-electron chi connectivity index (χ4n) is 3.41. The predicted octanol–water partition coefficient (Wildman–Crippen LogP) is 1.52. The zero-order chi connectivity index (χ0) is 18.3. The molecule has 7 heteroatoms. The smallest absolute Gasteiger partial charge is 0.253 e. The number of hydrogen-bond acceptors (Lipinski definition) is 3. The number of amides is 2. The summed E-state index contributed by atoms with van der Waals surface area (Å²) in [7, 11) is 1.83. The van der Waals surface area contributed by atoms with E-state index in [1.807, 2.05) is 14.0 Å². The van der Waals surface area contributed by atoms with E-state index in [2.05, 4.69) is 5.10 Å². The number of aromatic nitrogens is 2. The number of likely N-dealkylation sites (tertiary alicyclic amines) is 1. The molecule has 6 nitrogen and oxygen atoms in total. The lowest BCUT2D eigenvalue weighted by Crippen LogP contribution is -2.32. The molecule has 3 rings (SSSR count). The number of nitrogens with zero attached hydrogens (tertiary/aromatic N) is 3. The molecular weight excluding hydrogens is 323 g/mol. The monoisotopic (exact) mass is 344 g/mol. The van der Waals surface area contributed by atoms with Gasteiger partial charge in [0, 0.05) is 37.3 Å². The average molecular weight is 344 g/mol. The van der Waals surface area contributed by atoms with Crippen LogP contribution >= 0.6 is 0 Å². The fourth-order valence-corrected chi connectivity index (χ4v) is 3.41. The van der Waals surface area contributed by atoms with Crippen LogP contribution < -0.4 is 5.73 Å². The first kappa shape index (κ1) is 17.1. The first-order valence-corrected chi connectivity index (χ1v) is 8.12. The van der Waals surface area contributed by atoms with Gasteiger partial charge in [0.25, 0.3) is 5.91 Å².